The number of alkyl halides is 2. The van der Waals surface area contributed by atoms with Gasteiger partial charge in [0.2, 0.25) is 11.9 Å². The lowest BCUT2D eigenvalue weighted by Crippen LogP contribution is -2.57. The van der Waals surface area contributed by atoms with Crippen LogP contribution in [-0.2, 0) is 16.0 Å². The summed E-state index contributed by atoms with van der Waals surface area (Å²) in [6.07, 6.45) is -3.59. The van der Waals surface area contributed by atoms with Crippen LogP contribution in [0.1, 0.15) is 44.5 Å². The molecular weight excluding hydrogens is 538 g/mol. The molecule has 0 spiro atoms. The van der Waals surface area contributed by atoms with Crippen molar-refractivity contribution in [3.05, 3.63) is 65.0 Å². The number of hydrogen-bond acceptors (Lipinski definition) is 9. The maximum Gasteiger partial charge on any atom is 0.532 e. The highest BCUT2D eigenvalue weighted by Crippen LogP contribution is 2.34. The second-order valence-electron chi connectivity index (χ2n) is 9.63. The third-order valence-electron chi connectivity index (χ3n) is 7.07. The van der Waals surface area contributed by atoms with E-state index in [0.29, 0.717) is 49.2 Å². The number of halogens is 2. The number of ether oxygens (including phenoxy) is 2. The molecule has 0 aromatic heterocycles. The van der Waals surface area contributed by atoms with Gasteiger partial charge in [-0.2, -0.15) is 5.43 Å². The van der Waals surface area contributed by atoms with E-state index in [9.17, 15) is 18.4 Å². The first-order valence-corrected chi connectivity index (χ1v) is 13.5. The summed E-state index contributed by atoms with van der Waals surface area (Å²) >= 11 is 0. The summed E-state index contributed by atoms with van der Waals surface area (Å²) in [6.45, 7) is 7.50. The third-order valence-corrected chi connectivity index (χ3v) is 7.07. The fraction of sp³-hybridized carbons (Fsp3) is 0.393. The number of fused-ring (bicyclic) bond motifs is 2. The number of aliphatic imine (C=N–C) groups is 1. The van der Waals surface area contributed by atoms with Gasteiger partial charge in [-0.05, 0) is 67.8 Å². The van der Waals surface area contributed by atoms with Crippen molar-refractivity contribution in [3.63, 3.8) is 0 Å². The quantitative estimate of drug-likeness (QED) is 0.373. The fourth-order valence-corrected chi connectivity index (χ4v) is 5.20. The van der Waals surface area contributed by atoms with Crippen molar-refractivity contribution in [2.75, 3.05) is 31.6 Å². The monoisotopic (exact) mass is 570 g/mol. The molecule has 218 valence electrons. The van der Waals surface area contributed by atoms with Gasteiger partial charge in [-0.3, -0.25) is 9.59 Å². The zero-order valence-electron chi connectivity index (χ0n) is 23.0. The first-order valence-electron chi connectivity index (χ1n) is 13.5. The van der Waals surface area contributed by atoms with Crippen LogP contribution in [0.25, 0.3) is 0 Å². The highest BCUT2D eigenvalue weighted by molar-refractivity contribution is 6.10. The van der Waals surface area contributed by atoms with Crippen LogP contribution in [-0.4, -0.2) is 70.2 Å². The topological polar surface area (TPSA) is 119 Å². The minimum absolute atomic E-state index is 0.157. The molecule has 41 heavy (non-hydrogen) atoms. The van der Waals surface area contributed by atoms with Crippen LogP contribution >= 0.6 is 0 Å². The predicted molar refractivity (Wildman–Crippen MR) is 146 cm³/mol. The molecule has 3 aliphatic rings. The number of benzene rings is 2. The van der Waals surface area contributed by atoms with Gasteiger partial charge in [0.05, 0.1) is 12.3 Å². The van der Waals surface area contributed by atoms with Gasteiger partial charge in [-0.15, -0.1) is 8.78 Å². The molecule has 1 atom stereocenters. The van der Waals surface area contributed by atoms with Crippen molar-refractivity contribution in [1.82, 2.24) is 20.2 Å². The Balaban J connectivity index is 1.43. The second kappa shape index (κ2) is 11.3. The summed E-state index contributed by atoms with van der Waals surface area (Å²) in [7, 11) is 0. The molecule has 13 heteroatoms. The predicted octanol–water partition coefficient (Wildman–Crippen LogP) is 3.16. The van der Waals surface area contributed by atoms with Gasteiger partial charge in [0, 0.05) is 25.2 Å². The van der Waals surface area contributed by atoms with Crippen molar-refractivity contribution in [3.8, 4) is 11.5 Å². The number of nitrogens with zero attached hydrogens (tertiary/aromatic N) is 4. The number of guanidine groups is 1. The molecule has 2 amide bonds. The minimum Gasteiger partial charge on any atom is -0.493 e. The molecule has 0 saturated heterocycles. The molecule has 2 aromatic rings. The largest absolute Gasteiger partial charge is 0.532 e. The molecule has 3 heterocycles. The highest BCUT2D eigenvalue weighted by Gasteiger charge is 2.44. The summed E-state index contributed by atoms with van der Waals surface area (Å²) in [5.41, 5.74) is 6.66. The number of hydrazine groups is 1. The molecule has 3 N–H and O–H groups in total. The SMILES string of the molecule is CCC1=C(N(CC)CC)C(=O)N2NC(c3ccc4c(c3)CCO4)N=C2N1CC(=O)Nc1ccc(OC(O)(F)F)cc1. The standard InChI is InChI=1S/C28H32F2N6O5/c1-4-21-24(34(5-2)6-3)26(38)36-27(32-25(33-36)18-7-12-22-17(15-18)13-14-40-22)35(21)16-23(37)31-19-8-10-20(11-9-19)41-28(29,30)39/h7-12,15,25,33,39H,4-6,13-14,16H2,1-3H3,(H,31,37). The molecule has 0 radical (unpaired) electrons. The molecule has 0 saturated carbocycles. The first-order chi connectivity index (χ1) is 19.6. The maximum absolute atomic E-state index is 13.8. The zero-order valence-corrected chi connectivity index (χ0v) is 23.0. The van der Waals surface area contributed by atoms with Crippen molar-refractivity contribution in [1.29, 1.82) is 0 Å². The number of aliphatic hydroxyl groups is 1. The zero-order chi connectivity index (χ0) is 29.3. The normalized spacial score (nSPS) is 18.1. The Kier molecular flexibility index (Phi) is 7.82. The molecule has 1 unspecified atom stereocenters. The van der Waals surface area contributed by atoms with Crippen molar-refractivity contribution < 1.29 is 33.0 Å². The average Bonchev–Trinajstić information content (AvgIpc) is 3.59. The van der Waals surface area contributed by atoms with E-state index in [2.05, 4.69) is 15.5 Å². The van der Waals surface area contributed by atoms with Gasteiger partial charge in [-0.1, -0.05) is 13.0 Å². The Bertz CT molecular complexity index is 1390. The Morgan fingerprint density at radius 2 is 1.95 bits per heavy atom. The lowest BCUT2D eigenvalue weighted by atomic mass is 10.1. The summed E-state index contributed by atoms with van der Waals surface area (Å²) in [5.74, 6) is 0.232. The Labute approximate surface area is 236 Å². The van der Waals surface area contributed by atoms with E-state index in [1.165, 1.54) is 29.3 Å². The number of carbonyl (C=O) groups is 2. The fourth-order valence-electron chi connectivity index (χ4n) is 5.20. The molecule has 0 aliphatic carbocycles. The lowest BCUT2D eigenvalue weighted by Gasteiger charge is -2.40. The number of rotatable bonds is 10. The third kappa shape index (κ3) is 5.81. The van der Waals surface area contributed by atoms with Gasteiger partial charge >= 0.3 is 6.29 Å². The van der Waals surface area contributed by atoms with Gasteiger partial charge < -0.3 is 29.7 Å². The highest BCUT2D eigenvalue weighted by atomic mass is 19.3. The molecule has 5 rings (SSSR count). The molecule has 2 aromatic carbocycles. The number of carbonyl (C=O) groups excluding carboxylic acids is 2. The number of anilines is 1. The van der Waals surface area contributed by atoms with E-state index in [4.69, 9.17) is 14.8 Å². The molecule has 11 nitrogen and oxygen atoms in total. The van der Waals surface area contributed by atoms with Crippen LogP contribution in [0.2, 0.25) is 0 Å². The van der Waals surface area contributed by atoms with Crippen molar-refractivity contribution in [2.45, 2.75) is 46.1 Å². The van der Waals surface area contributed by atoms with Gasteiger partial charge in [-0.25, -0.2) is 10.0 Å². The smallest absolute Gasteiger partial charge is 0.493 e. The molecule has 3 aliphatic heterocycles. The number of nitrogens with one attached hydrogen (secondary N) is 2. The Hall–Kier alpha value is -4.23. The van der Waals surface area contributed by atoms with Crippen LogP contribution in [0.5, 0.6) is 11.5 Å². The molecular formula is C28H32F2N6O5. The molecule has 0 bridgehead atoms. The van der Waals surface area contributed by atoms with E-state index < -0.39 is 18.4 Å². The number of amides is 2. The first kappa shape index (κ1) is 28.3. The van der Waals surface area contributed by atoms with Gasteiger partial charge in [0.25, 0.3) is 5.91 Å². The number of hydrogen-bond donors (Lipinski definition) is 3. The van der Waals surface area contributed by atoms with Crippen LogP contribution in [0.15, 0.2) is 58.9 Å². The number of allylic oxidation sites excluding steroid dienone is 1. The average molecular weight is 571 g/mol. The van der Waals surface area contributed by atoms with Gasteiger partial charge in [0.1, 0.15) is 29.9 Å². The summed E-state index contributed by atoms with van der Waals surface area (Å²) < 4.78 is 35.2. The van der Waals surface area contributed by atoms with E-state index in [1.54, 1.807) is 4.90 Å². The van der Waals surface area contributed by atoms with E-state index >= 15 is 0 Å². The number of likely N-dealkylation sites (N-methyl/N-ethyl adjacent to an activating group) is 1. The van der Waals surface area contributed by atoms with Crippen molar-refractivity contribution in [2.24, 2.45) is 4.99 Å². The van der Waals surface area contributed by atoms with Crippen molar-refractivity contribution >= 4 is 23.5 Å². The summed E-state index contributed by atoms with van der Waals surface area (Å²) in [4.78, 5) is 35.6. The van der Waals surface area contributed by atoms with E-state index in [1.807, 2.05) is 43.9 Å². The second-order valence-corrected chi connectivity index (χ2v) is 9.63. The minimum atomic E-state index is -4.31. The van der Waals surface area contributed by atoms with Gasteiger partial charge in [0.15, 0.2) is 0 Å². The summed E-state index contributed by atoms with van der Waals surface area (Å²) in [6, 6.07) is 11.0. The van der Waals surface area contributed by atoms with E-state index in [-0.39, 0.29) is 18.2 Å². The van der Waals surface area contributed by atoms with Crippen LogP contribution < -0.4 is 20.2 Å². The van der Waals surface area contributed by atoms with E-state index in [0.717, 1.165) is 23.3 Å². The maximum atomic E-state index is 13.8. The van der Waals surface area contributed by atoms with Crippen LogP contribution in [0, 0.1) is 0 Å². The Morgan fingerprint density at radius 3 is 2.61 bits per heavy atom. The molecule has 0 fully saturated rings. The summed E-state index contributed by atoms with van der Waals surface area (Å²) in [5, 5.41) is 12.7. The van der Waals surface area contributed by atoms with Crippen LogP contribution in [0.3, 0.4) is 0 Å². The van der Waals surface area contributed by atoms with Crippen LogP contribution in [0.4, 0.5) is 14.5 Å². The Morgan fingerprint density at radius 1 is 1.22 bits per heavy atom. The lowest BCUT2D eigenvalue weighted by molar-refractivity contribution is -0.327.